The zero-order valence-electron chi connectivity index (χ0n) is 15.4. The molecule has 1 N–H and O–H groups in total. The molecule has 1 atom stereocenters. The molecule has 7 heteroatoms. The first kappa shape index (κ1) is 18.8. The first-order valence-electron chi connectivity index (χ1n) is 8.85. The lowest BCUT2D eigenvalue weighted by atomic mass is 10.2. The van der Waals surface area contributed by atoms with Crippen molar-refractivity contribution in [3.63, 3.8) is 0 Å². The summed E-state index contributed by atoms with van der Waals surface area (Å²) in [5.41, 5.74) is 2.08. The van der Waals surface area contributed by atoms with Crippen LogP contribution in [0, 0.1) is 0 Å². The second kappa shape index (κ2) is 8.62. The number of carbonyl (C=O) groups is 1. The van der Waals surface area contributed by atoms with Gasteiger partial charge in [-0.3, -0.25) is 15.0 Å². The van der Waals surface area contributed by atoms with Crippen molar-refractivity contribution < 1.29 is 14.3 Å². The van der Waals surface area contributed by atoms with Gasteiger partial charge in [0.2, 0.25) is 0 Å². The zero-order valence-corrected chi connectivity index (χ0v) is 16.3. The van der Waals surface area contributed by atoms with Gasteiger partial charge < -0.3 is 9.47 Å². The van der Waals surface area contributed by atoms with Crippen molar-refractivity contribution in [2.75, 3.05) is 25.5 Å². The molecule has 0 aliphatic carbocycles. The number of anilines is 1. The van der Waals surface area contributed by atoms with Gasteiger partial charge in [-0.05, 0) is 31.2 Å². The monoisotopic (exact) mass is 375 g/mol. The molecule has 0 spiro atoms. The van der Waals surface area contributed by atoms with E-state index >= 15 is 0 Å². The minimum Gasteiger partial charge on any atom is -0.497 e. The normalized spacial score (nSPS) is 15.3. The van der Waals surface area contributed by atoms with Crippen LogP contribution < -0.4 is 10.1 Å². The summed E-state index contributed by atoms with van der Waals surface area (Å²) in [4.78, 5) is 20.6. The SMILES string of the molecule is CCN1CCc2nc(NC(=O)C(C)OCc3cccc(OC)c3)sc2C1. The van der Waals surface area contributed by atoms with Crippen LogP contribution in [0.3, 0.4) is 0 Å². The quantitative estimate of drug-likeness (QED) is 0.806. The van der Waals surface area contributed by atoms with Gasteiger partial charge in [0.25, 0.3) is 5.91 Å². The Labute approximate surface area is 158 Å². The highest BCUT2D eigenvalue weighted by molar-refractivity contribution is 7.15. The smallest absolute Gasteiger partial charge is 0.255 e. The largest absolute Gasteiger partial charge is 0.497 e. The number of rotatable bonds is 7. The van der Waals surface area contributed by atoms with Gasteiger partial charge in [-0.2, -0.15) is 0 Å². The molecule has 1 aromatic heterocycles. The van der Waals surface area contributed by atoms with Crippen molar-refractivity contribution in [1.82, 2.24) is 9.88 Å². The first-order chi connectivity index (χ1) is 12.6. The molecule has 1 aliphatic rings. The third-order valence-corrected chi connectivity index (χ3v) is 5.49. The number of hydrogen-bond acceptors (Lipinski definition) is 6. The van der Waals surface area contributed by atoms with Crippen LogP contribution in [-0.4, -0.2) is 42.1 Å². The fraction of sp³-hybridized carbons (Fsp3) is 0.474. The maximum atomic E-state index is 12.4. The minimum atomic E-state index is -0.561. The number of methoxy groups -OCH3 is 1. The lowest BCUT2D eigenvalue weighted by Crippen LogP contribution is -2.29. The van der Waals surface area contributed by atoms with Crippen LogP contribution in [0.15, 0.2) is 24.3 Å². The number of ether oxygens (including phenoxy) is 2. The Balaban J connectivity index is 1.53. The second-order valence-electron chi connectivity index (χ2n) is 6.30. The van der Waals surface area contributed by atoms with Crippen LogP contribution in [-0.2, 0) is 29.1 Å². The Bertz CT molecular complexity index is 762. The summed E-state index contributed by atoms with van der Waals surface area (Å²) in [5, 5.41) is 3.55. The summed E-state index contributed by atoms with van der Waals surface area (Å²) >= 11 is 1.56. The van der Waals surface area contributed by atoms with Gasteiger partial charge in [0.15, 0.2) is 5.13 Å². The van der Waals surface area contributed by atoms with Crippen molar-refractivity contribution in [3.8, 4) is 5.75 Å². The van der Waals surface area contributed by atoms with Crippen LogP contribution in [0.4, 0.5) is 5.13 Å². The number of nitrogens with zero attached hydrogens (tertiary/aromatic N) is 2. The molecular formula is C19H25N3O3S. The molecule has 1 aliphatic heterocycles. The average Bonchev–Trinajstić information content (AvgIpc) is 3.07. The molecule has 1 amide bonds. The van der Waals surface area contributed by atoms with E-state index in [9.17, 15) is 4.79 Å². The van der Waals surface area contributed by atoms with Crippen LogP contribution >= 0.6 is 11.3 Å². The number of hydrogen-bond donors (Lipinski definition) is 1. The van der Waals surface area contributed by atoms with Crippen molar-refractivity contribution in [2.45, 2.75) is 39.5 Å². The van der Waals surface area contributed by atoms with E-state index < -0.39 is 6.10 Å². The number of likely N-dealkylation sites (N-methyl/N-ethyl adjacent to an activating group) is 1. The number of thiazole rings is 1. The van der Waals surface area contributed by atoms with Crippen molar-refractivity contribution in [2.24, 2.45) is 0 Å². The number of fused-ring (bicyclic) bond motifs is 1. The lowest BCUT2D eigenvalue weighted by molar-refractivity contribution is -0.127. The number of amides is 1. The van der Waals surface area contributed by atoms with E-state index in [0.29, 0.717) is 11.7 Å². The molecule has 2 heterocycles. The molecule has 1 unspecified atom stereocenters. The van der Waals surface area contributed by atoms with Crippen molar-refractivity contribution >= 4 is 22.4 Å². The predicted molar refractivity (Wildman–Crippen MR) is 103 cm³/mol. The van der Waals surface area contributed by atoms with E-state index in [-0.39, 0.29) is 5.91 Å². The highest BCUT2D eigenvalue weighted by Crippen LogP contribution is 2.28. The zero-order chi connectivity index (χ0) is 18.5. The summed E-state index contributed by atoms with van der Waals surface area (Å²) in [6.07, 6.45) is 0.381. The Kier molecular flexibility index (Phi) is 6.24. The van der Waals surface area contributed by atoms with Gasteiger partial charge in [0.05, 0.1) is 19.4 Å². The predicted octanol–water partition coefficient (Wildman–Crippen LogP) is 3.07. The standard InChI is InChI=1S/C19H25N3O3S/c1-4-22-9-8-16-17(11-22)26-19(20-16)21-18(23)13(2)25-12-14-6-5-7-15(10-14)24-3/h5-7,10,13H,4,8-9,11-12H2,1-3H3,(H,20,21,23). The average molecular weight is 375 g/mol. The summed E-state index contributed by atoms with van der Waals surface area (Å²) < 4.78 is 10.9. The van der Waals surface area contributed by atoms with E-state index in [4.69, 9.17) is 9.47 Å². The van der Waals surface area contributed by atoms with E-state index in [1.165, 1.54) is 4.88 Å². The highest BCUT2D eigenvalue weighted by atomic mass is 32.1. The molecule has 2 aromatic rings. The van der Waals surface area contributed by atoms with Gasteiger partial charge in [0.1, 0.15) is 11.9 Å². The van der Waals surface area contributed by atoms with Crippen LogP contribution in [0.25, 0.3) is 0 Å². The van der Waals surface area contributed by atoms with E-state index in [2.05, 4.69) is 22.1 Å². The minimum absolute atomic E-state index is 0.175. The number of nitrogens with one attached hydrogen (secondary N) is 1. The van der Waals surface area contributed by atoms with Crippen molar-refractivity contribution in [1.29, 1.82) is 0 Å². The van der Waals surface area contributed by atoms with Gasteiger partial charge in [-0.25, -0.2) is 4.98 Å². The number of carbonyl (C=O) groups excluding carboxylic acids is 1. The molecule has 0 bridgehead atoms. The van der Waals surface area contributed by atoms with E-state index in [1.54, 1.807) is 25.4 Å². The fourth-order valence-electron chi connectivity index (χ4n) is 2.84. The molecule has 0 saturated carbocycles. The third kappa shape index (κ3) is 4.60. The maximum absolute atomic E-state index is 12.4. The summed E-state index contributed by atoms with van der Waals surface area (Å²) in [6.45, 7) is 7.25. The van der Waals surface area contributed by atoms with Crippen molar-refractivity contribution in [3.05, 3.63) is 40.4 Å². The topological polar surface area (TPSA) is 63.7 Å². The molecule has 3 rings (SSSR count). The van der Waals surface area contributed by atoms with E-state index in [0.717, 1.165) is 43.1 Å². The summed E-state index contributed by atoms with van der Waals surface area (Å²) in [7, 11) is 1.63. The molecule has 6 nitrogen and oxygen atoms in total. The third-order valence-electron chi connectivity index (χ3n) is 4.49. The molecule has 0 saturated heterocycles. The van der Waals surface area contributed by atoms with E-state index in [1.807, 2.05) is 24.3 Å². The Hall–Kier alpha value is -1.96. The molecule has 140 valence electrons. The fourth-order valence-corrected chi connectivity index (χ4v) is 3.89. The van der Waals surface area contributed by atoms with Gasteiger partial charge in [-0.1, -0.05) is 19.1 Å². The molecular weight excluding hydrogens is 350 g/mol. The second-order valence-corrected chi connectivity index (χ2v) is 7.39. The lowest BCUT2D eigenvalue weighted by Gasteiger charge is -2.23. The Morgan fingerprint density at radius 3 is 3.08 bits per heavy atom. The van der Waals surface area contributed by atoms with Gasteiger partial charge >= 0.3 is 0 Å². The van der Waals surface area contributed by atoms with Gasteiger partial charge in [-0.15, -0.1) is 11.3 Å². The number of aromatic nitrogens is 1. The van der Waals surface area contributed by atoms with Gasteiger partial charge in [0, 0.05) is 24.4 Å². The van der Waals surface area contributed by atoms with Crippen LogP contribution in [0.5, 0.6) is 5.75 Å². The summed E-state index contributed by atoms with van der Waals surface area (Å²) in [5.74, 6) is 0.601. The molecule has 0 fully saturated rings. The Morgan fingerprint density at radius 1 is 1.46 bits per heavy atom. The molecule has 1 aromatic carbocycles. The molecule has 26 heavy (non-hydrogen) atoms. The first-order valence-corrected chi connectivity index (χ1v) is 9.67. The van der Waals surface area contributed by atoms with Crippen LogP contribution in [0.2, 0.25) is 0 Å². The van der Waals surface area contributed by atoms with Crippen LogP contribution in [0.1, 0.15) is 30.0 Å². The Morgan fingerprint density at radius 2 is 2.31 bits per heavy atom. The maximum Gasteiger partial charge on any atom is 0.255 e. The number of benzene rings is 1. The summed E-state index contributed by atoms with van der Waals surface area (Å²) in [6, 6.07) is 7.63. The highest BCUT2D eigenvalue weighted by Gasteiger charge is 2.21. The molecule has 0 radical (unpaired) electrons.